The van der Waals surface area contributed by atoms with Gasteiger partial charge in [0.2, 0.25) is 0 Å². The summed E-state index contributed by atoms with van der Waals surface area (Å²) >= 11 is 0. The summed E-state index contributed by atoms with van der Waals surface area (Å²) in [6, 6.07) is 20.6. The van der Waals surface area contributed by atoms with Gasteiger partial charge in [-0.05, 0) is 147 Å². The molecule has 4 N–H and O–H groups in total. The molecular weight excluding hydrogens is 709 g/mol. The molecule has 0 unspecified atom stereocenters. The van der Waals surface area contributed by atoms with E-state index in [0.717, 1.165) is 91.4 Å². The van der Waals surface area contributed by atoms with Crippen LogP contribution in [0.25, 0.3) is 11.1 Å². The van der Waals surface area contributed by atoms with E-state index in [1.54, 1.807) is 25.3 Å². The summed E-state index contributed by atoms with van der Waals surface area (Å²) < 4.78 is 31.7. The van der Waals surface area contributed by atoms with Crippen molar-refractivity contribution in [3.8, 4) is 45.6 Å². The molecule has 2 aliphatic carbocycles. The molecule has 0 aromatic heterocycles. The quantitative estimate of drug-likeness (QED) is 0.0987. The first-order chi connectivity index (χ1) is 27.3. The third-order valence-corrected chi connectivity index (χ3v) is 12.4. The lowest BCUT2D eigenvalue weighted by Crippen LogP contribution is -2.46. The average Bonchev–Trinajstić information content (AvgIpc) is 3.91. The van der Waals surface area contributed by atoms with Gasteiger partial charge in [-0.1, -0.05) is 19.1 Å². The highest BCUT2D eigenvalue weighted by molar-refractivity contribution is 5.72. The van der Waals surface area contributed by atoms with Crippen LogP contribution in [0.1, 0.15) is 111 Å². The van der Waals surface area contributed by atoms with Crippen LogP contribution in [0.5, 0.6) is 34.5 Å². The molecule has 4 aromatic carbocycles. The summed E-state index contributed by atoms with van der Waals surface area (Å²) in [5.74, 6) is 2.00. The van der Waals surface area contributed by atoms with Gasteiger partial charge in [0.05, 0.1) is 31.0 Å². The first-order valence-corrected chi connectivity index (χ1v) is 20.7. The minimum atomic E-state index is -0.987. The van der Waals surface area contributed by atoms with E-state index < -0.39 is 24.0 Å². The Labute approximate surface area is 330 Å². The number of benzene rings is 4. The zero-order valence-electron chi connectivity index (χ0n) is 32.6. The number of rotatable bonds is 13. The Balaban J connectivity index is 1.16. The summed E-state index contributed by atoms with van der Waals surface area (Å²) in [5, 5.41) is 46.3. The van der Waals surface area contributed by atoms with E-state index in [9.17, 15) is 20.4 Å². The second kappa shape index (κ2) is 17.0. The number of aliphatic hydroxyl groups excluding tert-OH is 2. The normalized spacial score (nSPS) is 23.6. The highest BCUT2D eigenvalue weighted by atomic mass is 16.5. The van der Waals surface area contributed by atoms with Gasteiger partial charge in [-0.25, -0.2) is 0 Å². The number of hydrogen-bond acceptors (Lipinski definition) is 9. The van der Waals surface area contributed by atoms with Gasteiger partial charge in [-0.2, -0.15) is 0 Å². The van der Waals surface area contributed by atoms with Crippen molar-refractivity contribution in [3.05, 3.63) is 94.5 Å². The molecule has 0 saturated heterocycles. The largest absolute Gasteiger partial charge is 0.508 e. The molecule has 0 spiro atoms. The van der Waals surface area contributed by atoms with Crippen molar-refractivity contribution < 1.29 is 44.1 Å². The van der Waals surface area contributed by atoms with Gasteiger partial charge in [-0.3, -0.25) is 0 Å². The lowest BCUT2D eigenvalue weighted by Gasteiger charge is -2.45. The third-order valence-electron chi connectivity index (χ3n) is 12.4. The Hall–Kier alpha value is -4.44. The second-order valence-corrected chi connectivity index (χ2v) is 16.2. The van der Waals surface area contributed by atoms with Crippen LogP contribution in [0.2, 0.25) is 0 Å². The minimum Gasteiger partial charge on any atom is -0.508 e. The molecule has 298 valence electrons. The van der Waals surface area contributed by atoms with E-state index in [2.05, 4.69) is 0 Å². The molecule has 0 amide bonds. The monoisotopic (exact) mass is 764 g/mol. The maximum absolute atomic E-state index is 12.5. The molecule has 4 aliphatic rings. The summed E-state index contributed by atoms with van der Waals surface area (Å²) in [5.41, 5.74) is 5.52. The van der Waals surface area contributed by atoms with Crippen LogP contribution >= 0.6 is 0 Å². The van der Waals surface area contributed by atoms with Gasteiger partial charge in [0, 0.05) is 48.7 Å². The molecule has 9 heteroatoms. The van der Waals surface area contributed by atoms with Gasteiger partial charge >= 0.3 is 0 Å². The van der Waals surface area contributed by atoms with Crippen LogP contribution in [0.15, 0.2) is 66.7 Å². The Bertz CT molecular complexity index is 1980. The summed E-state index contributed by atoms with van der Waals surface area (Å²) in [6.07, 6.45) is 8.94. The van der Waals surface area contributed by atoms with E-state index in [1.807, 2.05) is 55.5 Å². The highest BCUT2D eigenvalue weighted by Gasteiger charge is 2.47. The number of ether oxygens (including phenoxy) is 5. The van der Waals surface area contributed by atoms with Gasteiger partial charge in [0.15, 0.2) is 0 Å². The molecule has 0 radical (unpaired) electrons. The lowest BCUT2D eigenvalue weighted by molar-refractivity contribution is -0.0890. The number of methoxy groups -OCH3 is 1. The Morgan fingerprint density at radius 2 is 1.48 bits per heavy atom. The van der Waals surface area contributed by atoms with Gasteiger partial charge in [0.25, 0.3) is 0 Å². The second-order valence-electron chi connectivity index (χ2n) is 16.2. The molecule has 2 fully saturated rings. The van der Waals surface area contributed by atoms with E-state index in [1.165, 1.54) is 0 Å². The molecule has 5 atom stereocenters. The number of aryl methyl sites for hydroxylation is 1. The zero-order chi connectivity index (χ0) is 38.8. The Kier molecular flexibility index (Phi) is 11.6. The fourth-order valence-corrected chi connectivity index (χ4v) is 9.53. The maximum Gasteiger partial charge on any atom is 0.128 e. The standard InChI is InChI=1S/C47H56O9/c1-3-28-23-37(29-10-8-11-32(48)21-29)30(24-41(28)49)20-31-22-36(55-34-14-6-7-15-34)26-39-45(50)40(27-53-47(31)39)44-43(16-9-19-52-2)56-42-18-17-35(25-38(42)46(44)51)54-33-12-4-5-13-33/h8,10-11,17-18,21-26,33-34,40,43-46,48-51H,3-7,9,12-16,19-20,27H2,1-2H3/t40-,43+,44-,45-,46+/m1/s1. The predicted molar refractivity (Wildman–Crippen MR) is 214 cm³/mol. The molecule has 2 saturated carbocycles. The van der Waals surface area contributed by atoms with Crippen molar-refractivity contribution >= 4 is 0 Å². The fourth-order valence-electron chi connectivity index (χ4n) is 9.53. The van der Waals surface area contributed by atoms with Crippen LogP contribution in [0.3, 0.4) is 0 Å². The van der Waals surface area contributed by atoms with E-state index in [-0.39, 0.29) is 36.4 Å². The highest BCUT2D eigenvalue weighted by Crippen LogP contribution is 2.52. The molecule has 2 heterocycles. The molecular formula is C47H56O9. The van der Waals surface area contributed by atoms with Crippen LogP contribution in [0, 0.1) is 11.8 Å². The number of aromatic hydroxyl groups is 2. The number of phenols is 2. The summed E-state index contributed by atoms with van der Waals surface area (Å²) in [4.78, 5) is 0. The van der Waals surface area contributed by atoms with E-state index >= 15 is 0 Å². The van der Waals surface area contributed by atoms with Crippen molar-refractivity contribution in [2.75, 3.05) is 20.3 Å². The molecule has 9 nitrogen and oxygen atoms in total. The number of phenolic OH excluding ortho intramolecular Hbond substituents is 2. The van der Waals surface area contributed by atoms with Crippen LogP contribution < -0.4 is 18.9 Å². The topological polar surface area (TPSA) is 127 Å². The molecule has 8 rings (SSSR count). The number of aliphatic hydroxyl groups is 2. The maximum atomic E-state index is 12.5. The van der Waals surface area contributed by atoms with Crippen LogP contribution in [-0.2, 0) is 17.6 Å². The smallest absolute Gasteiger partial charge is 0.128 e. The van der Waals surface area contributed by atoms with Crippen molar-refractivity contribution in [2.45, 2.75) is 114 Å². The van der Waals surface area contributed by atoms with E-state index in [4.69, 9.17) is 23.7 Å². The SMILES string of the molecule is CCc1cc(-c2cccc(O)c2)c(Cc2cc(OC3CCCC3)cc3c2OC[C@H]([C@@H]2[C@H](CCCOC)Oc4ccc(OC5CCCC5)cc4[C@@H]2O)[C@@H]3O)cc1O. The van der Waals surface area contributed by atoms with E-state index in [0.29, 0.717) is 54.2 Å². The third kappa shape index (κ3) is 8.04. The molecule has 4 aromatic rings. The number of hydrogen-bond donors (Lipinski definition) is 4. The average molecular weight is 765 g/mol. The van der Waals surface area contributed by atoms with Gasteiger partial charge < -0.3 is 44.1 Å². The Morgan fingerprint density at radius 1 is 0.750 bits per heavy atom. The molecule has 2 aliphatic heterocycles. The van der Waals surface area contributed by atoms with Crippen molar-refractivity contribution in [1.82, 2.24) is 0 Å². The molecule has 0 bridgehead atoms. The van der Waals surface area contributed by atoms with Crippen LogP contribution in [-0.4, -0.2) is 59.1 Å². The zero-order valence-corrected chi connectivity index (χ0v) is 32.6. The fraction of sp³-hybridized carbons (Fsp3) is 0.489. The lowest BCUT2D eigenvalue weighted by atomic mass is 9.72. The summed E-state index contributed by atoms with van der Waals surface area (Å²) in [6.45, 7) is 2.73. The van der Waals surface area contributed by atoms with Crippen LogP contribution in [0.4, 0.5) is 0 Å². The van der Waals surface area contributed by atoms with Crippen molar-refractivity contribution in [3.63, 3.8) is 0 Å². The molecule has 56 heavy (non-hydrogen) atoms. The first kappa shape index (κ1) is 38.4. The van der Waals surface area contributed by atoms with Gasteiger partial charge in [0.1, 0.15) is 40.6 Å². The number of fused-ring (bicyclic) bond motifs is 2. The van der Waals surface area contributed by atoms with Gasteiger partial charge in [-0.15, -0.1) is 0 Å². The minimum absolute atomic E-state index is 0.0879. The Morgan fingerprint density at radius 3 is 2.20 bits per heavy atom. The summed E-state index contributed by atoms with van der Waals surface area (Å²) in [7, 11) is 1.68. The van der Waals surface area contributed by atoms with Crippen molar-refractivity contribution in [2.24, 2.45) is 11.8 Å². The van der Waals surface area contributed by atoms with Crippen molar-refractivity contribution in [1.29, 1.82) is 0 Å². The predicted octanol–water partition coefficient (Wildman–Crippen LogP) is 9.14. The first-order valence-electron chi connectivity index (χ1n) is 20.7.